The van der Waals surface area contributed by atoms with Crippen molar-refractivity contribution >= 4 is 5.82 Å². The Kier molecular flexibility index (Phi) is 6.05. The molecule has 0 saturated carbocycles. The van der Waals surface area contributed by atoms with Gasteiger partial charge in [0, 0.05) is 43.7 Å². The summed E-state index contributed by atoms with van der Waals surface area (Å²) in [4.78, 5) is 19.3. The monoisotopic (exact) mass is 375 g/mol. The molecule has 6 nitrogen and oxygen atoms in total. The van der Waals surface area contributed by atoms with Gasteiger partial charge in [0.25, 0.3) is 0 Å². The van der Waals surface area contributed by atoms with Gasteiger partial charge in [-0.25, -0.2) is 18.6 Å². The number of hydrogen-bond donors (Lipinski definition) is 2. The standard InChI is InChI=1S/C19H23F2N5O/c1-2-3-5-23-18-17(14-10-15(20)12-16(21)11-14)26(19(27)24-18)8-4-7-25-9-6-22-13-25/h6,9-13,23H,2-5,7-8H2,1H3,(H,24,27). The van der Waals surface area contributed by atoms with Crippen LogP contribution in [0.3, 0.4) is 0 Å². The highest BCUT2D eigenvalue weighted by Crippen LogP contribution is 2.27. The molecular weight excluding hydrogens is 352 g/mol. The number of H-pyrrole nitrogens is 1. The topological polar surface area (TPSA) is 67.6 Å². The Morgan fingerprint density at radius 2 is 1.93 bits per heavy atom. The predicted octanol–water partition coefficient (Wildman–Crippen LogP) is 3.62. The molecule has 27 heavy (non-hydrogen) atoms. The molecule has 3 rings (SSSR count). The first-order valence-corrected chi connectivity index (χ1v) is 9.07. The van der Waals surface area contributed by atoms with E-state index in [1.54, 1.807) is 12.5 Å². The Bertz CT molecular complexity index is 910. The maximum absolute atomic E-state index is 13.8. The van der Waals surface area contributed by atoms with Crippen LogP contribution in [0.1, 0.15) is 26.2 Å². The summed E-state index contributed by atoms with van der Waals surface area (Å²) >= 11 is 0. The van der Waals surface area contributed by atoms with Gasteiger partial charge < -0.3 is 9.88 Å². The first-order valence-electron chi connectivity index (χ1n) is 9.07. The van der Waals surface area contributed by atoms with Crippen LogP contribution in [0.2, 0.25) is 0 Å². The smallest absolute Gasteiger partial charge is 0.327 e. The molecule has 0 radical (unpaired) electrons. The minimum atomic E-state index is -0.678. The summed E-state index contributed by atoms with van der Waals surface area (Å²) in [5.41, 5.74) is 0.493. The third-order valence-corrected chi connectivity index (χ3v) is 4.31. The molecule has 0 aliphatic carbocycles. The fourth-order valence-electron chi connectivity index (χ4n) is 3.02. The summed E-state index contributed by atoms with van der Waals surface area (Å²) in [6, 6.07) is 3.30. The van der Waals surface area contributed by atoms with E-state index in [1.165, 1.54) is 16.7 Å². The number of hydrogen-bond acceptors (Lipinski definition) is 3. The summed E-state index contributed by atoms with van der Waals surface area (Å²) in [5.74, 6) is -0.868. The second-order valence-electron chi connectivity index (χ2n) is 6.40. The van der Waals surface area contributed by atoms with E-state index >= 15 is 0 Å². The summed E-state index contributed by atoms with van der Waals surface area (Å²) in [5, 5.41) is 3.18. The van der Waals surface area contributed by atoms with E-state index in [4.69, 9.17) is 0 Å². The van der Waals surface area contributed by atoms with Gasteiger partial charge in [-0.3, -0.25) is 9.55 Å². The van der Waals surface area contributed by atoms with E-state index in [-0.39, 0.29) is 5.69 Å². The third-order valence-electron chi connectivity index (χ3n) is 4.31. The number of halogens is 2. The van der Waals surface area contributed by atoms with Crippen LogP contribution in [0, 0.1) is 11.6 Å². The van der Waals surface area contributed by atoms with Crippen molar-refractivity contribution in [2.45, 2.75) is 39.3 Å². The molecule has 0 aliphatic heterocycles. The van der Waals surface area contributed by atoms with Crippen LogP contribution < -0.4 is 11.0 Å². The Hall–Kier alpha value is -2.90. The average Bonchev–Trinajstić information content (AvgIpc) is 3.23. The lowest BCUT2D eigenvalue weighted by Crippen LogP contribution is -2.18. The molecule has 2 N–H and O–H groups in total. The first-order chi connectivity index (χ1) is 13.1. The molecule has 0 saturated heterocycles. The number of imidazole rings is 2. The summed E-state index contributed by atoms with van der Waals surface area (Å²) in [7, 11) is 0. The van der Waals surface area contributed by atoms with Crippen molar-refractivity contribution in [2.24, 2.45) is 0 Å². The number of rotatable bonds is 9. The minimum Gasteiger partial charge on any atom is -0.370 e. The van der Waals surface area contributed by atoms with Crippen molar-refractivity contribution in [3.8, 4) is 11.3 Å². The minimum absolute atomic E-state index is 0.306. The van der Waals surface area contributed by atoms with Gasteiger partial charge in [0.1, 0.15) is 17.5 Å². The Labute approximate surface area is 155 Å². The van der Waals surface area contributed by atoms with Gasteiger partial charge in [0.15, 0.2) is 0 Å². The van der Waals surface area contributed by atoms with Crippen LogP contribution in [0.5, 0.6) is 0 Å². The van der Waals surface area contributed by atoms with Crippen LogP contribution in [0.25, 0.3) is 11.3 Å². The summed E-state index contributed by atoms with van der Waals surface area (Å²) in [6.07, 6.45) is 7.84. The highest BCUT2D eigenvalue weighted by Gasteiger charge is 2.17. The van der Waals surface area contributed by atoms with Crippen LogP contribution >= 0.6 is 0 Å². The largest absolute Gasteiger partial charge is 0.370 e. The van der Waals surface area contributed by atoms with E-state index in [1.807, 2.05) is 10.8 Å². The highest BCUT2D eigenvalue weighted by molar-refractivity contribution is 5.72. The van der Waals surface area contributed by atoms with Crippen LogP contribution in [-0.4, -0.2) is 25.6 Å². The molecule has 3 aromatic rings. The lowest BCUT2D eigenvalue weighted by atomic mass is 10.1. The number of nitrogens with zero attached hydrogens (tertiary/aromatic N) is 3. The quantitative estimate of drug-likeness (QED) is 0.562. The van der Waals surface area contributed by atoms with Gasteiger partial charge in [-0.15, -0.1) is 0 Å². The van der Waals surface area contributed by atoms with Crippen LogP contribution in [0.15, 0.2) is 41.7 Å². The fourth-order valence-corrected chi connectivity index (χ4v) is 3.02. The number of nitrogens with one attached hydrogen (secondary N) is 2. The van der Waals surface area contributed by atoms with Gasteiger partial charge in [-0.1, -0.05) is 13.3 Å². The number of unbranched alkanes of at least 4 members (excludes halogenated alkanes) is 1. The lowest BCUT2D eigenvalue weighted by Gasteiger charge is -2.12. The zero-order valence-corrected chi connectivity index (χ0v) is 15.2. The molecule has 0 amide bonds. The maximum Gasteiger partial charge on any atom is 0.327 e. The van der Waals surface area contributed by atoms with Gasteiger partial charge >= 0.3 is 5.69 Å². The summed E-state index contributed by atoms with van der Waals surface area (Å²) < 4.78 is 31.0. The molecule has 144 valence electrons. The zero-order chi connectivity index (χ0) is 19.2. The van der Waals surface area contributed by atoms with Crippen molar-refractivity contribution in [3.63, 3.8) is 0 Å². The molecule has 0 fully saturated rings. The molecule has 8 heteroatoms. The number of aromatic nitrogens is 4. The third kappa shape index (κ3) is 4.64. The molecule has 0 spiro atoms. The maximum atomic E-state index is 13.8. The normalized spacial score (nSPS) is 11.1. The average molecular weight is 375 g/mol. The molecule has 2 heterocycles. The Morgan fingerprint density at radius 3 is 2.59 bits per heavy atom. The van der Waals surface area contributed by atoms with Crippen molar-refractivity contribution in [1.29, 1.82) is 0 Å². The molecule has 1 aromatic carbocycles. The van der Waals surface area contributed by atoms with E-state index in [0.29, 0.717) is 43.1 Å². The number of aromatic amines is 1. The second kappa shape index (κ2) is 8.66. The highest BCUT2D eigenvalue weighted by atomic mass is 19.1. The van der Waals surface area contributed by atoms with Crippen LogP contribution in [-0.2, 0) is 13.1 Å². The lowest BCUT2D eigenvalue weighted by molar-refractivity contribution is 0.555. The molecule has 2 aromatic heterocycles. The van der Waals surface area contributed by atoms with Crippen molar-refractivity contribution in [1.82, 2.24) is 19.1 Å². The van der Waals surface area contributed by atoms with Crippen molar-refractivity contribution < 1.29 is 8.78 Å². The van der Waals surface area contributed by atoms with Gasteiger partial charge in [0.05, 0.1) is 12.0 Å². The number of benzene rings is 1. The Balaban J connectivity index is 1.91. The van der Waals surface area contributed by atoms with Crippen LogP contribution in [0.4, 0.5) is 14.6 Å². The summed E-state index contributed by atoms with van der Waals surface area (Å²) in [6.45, 7) is 3.83. The molecule has 0 bridgehead atoms. The molecule has 0 atom stereocenters. The molecular formula is C19H23F2N5O. The van der Waals surface area contributed by atoms with E-state index in [2.05, 4.69) is 22.2 Å². The molecule has 0 unspecified atom stereocenters. The number of anilines is 1. The van der Waals surface area contributed by atoms with E-state index in [9.17, 15) is 13.6 Å². The van der Waals surface area contributed by atoms with Gasteiger partial charge in [-0.05, 0) is 25.0 Å². The van der Waals surface area contributed by atoms with E-state index < -0.39 is 11.6 Å². The Morgan fingerprint density at radius 1 is 1.15 bits per heavy atom. The zero-order valence-electron chi connectivity index (χ0n) is 15.2. The predicted molar refractivity (Wildman–Crippen MR) is 101 cm³/mol. The second-order valence-corrected chi connectivity index (χ2v) is 6.40. The number of aryl methyl sites for hydroxylation is 1. The first kappa shape index (κ1) is 18.9. The van der Waals surface area contributed by atoms with Crippen molar-refractivity contribution in [2.75, 3.05) is 11.9 Å². The van der Waals surface area contributed by atoms with Gasteiger partial charge in [0.2, 0.25) is 0 Å². The van der Waals surface area contributed by atoms with Gasteiger partial charge in [-0.2, -0.15) is 0 Å². The van der Waals surface area contributed by atoms with E-state index in [0.717, 1.165) is 18.9 Å². The fraction of sp³-hybridized carbons (Fsp3) is 0.368. The van der Waals surface area contributed by atoms with Crippen molar-refractivity contribution in [3.05, 3.63) is 59.0 Å². The SMILES string of the molecule is CCCCNc1[nH]c(=O)n(CCCn2ccnc2)c1-c1cc(F)cc(F)c1. The molecule has 0 aliphatic rings.